The molecule has 0 radical (unpaired) electrons. The molecule has 0 aliphatic carbocycles. The molecule has 1 rings (SSSR count). The number of hydrogen-bond donors (Lipinski definition) is 4. The summed E-state index contributed by atoms with van der Waals surface area (Å²) < 4.78 is 0. The van der Waals surface area contributed by atoms with Gasteiger partial charge in [0.25, 0.3) is 0 Å². The molecule has 1 aromatic carbocycles. The molecule has 0 heterocycles. The smallest absolute Gasteiger partial charge is 0.170 e. The van der Waals surface area contributed by atoms with Gasteiger partial charge in [0.05, 0.1) is 0 Å². The van der Waals surface area contributed by atoms with Crippen LogP contribution < -0.4 is 11.1 Å². The summed E-state index contributed by atoms with van der Waals surface area (Å²) in [4.78, 5) is 0. The summed E-state index contributed by atoms with van der Waals surface area (Å²) in [6.45, 7) is 2.97. The van der Waals surface area contributed by atoms with Gasteiger partial charge in [-0.3, -0.25) is 0 Å². The van der Waals surface area contributed by atoms with Gasteiger partial charge in [-0.2, -0.15) is 0 Å². The number of benzene rings is 1. The Morgan fingerprint density at radius 2 is 2.28 bits per heavy atom. The molecule has 0 fully saturated rings. The van der Waals surface area contributed by atoms with Gasteiger partial charge in [0.15, 0.2) is 5.84 Å². The Kier molecular flexibility index (Phi) is 6.18. The molecular formula is C13H21N3O2. The van der Waals surface area contributed by atoms with Crippen molar-refractivity contribution >= 4 is 5.84 Å². The highest BCUT2D eigenvalue weighted by Gasteiger charge is 2.05. The number of nitrogens with one attached hydrogen (secondary N) is 1. The Morgan fingerprint density at radius 3 is 2.89 bits per heavy atom. The van der Waals surface area contributed by atoms with E-state index in [-0.39, 0.29) is 12.4 Å². The van der Waals surface area contributed by atoms with Crippen LogP contribution in [-0.2, 0) is 6.54 Å². The number of oxime groups is 1. The van der Waals surface area contributed by atoms with E-state index in [1.54, 1.807) is 6.07 Å². The number of hydrogen-bond acceptors (Lipinski definition) is 4. The molecule has 5 N–H and O–H groups in total. The van der Waals surface area contributed by atoms with Gasteiger partial charge in [0.1, 0.15) is 0 Å². The van der Waals surface area contributed by atoms with Crippen LogP contribution in [-0.4, -0.2) is 28.8 Å². The number of aliphatic hydroxyl groups excluding tert-OH is 1. The fraction of sp³-hybridized carbons (Fsp3) is 0.462. The van der Waals surface area contributed by atoms with E-state index in [9.17, 15) is 0 Å². The van der Waals surface area contributed by atoms with E-state index in [0.29, 0.717) is 18.2 Å². The van der Waals surface area contributed by atoms with Gasteiger partial charge in [-0.25, -0.2) is 0 Å². The molecule has 0 aromatic heterocycles. The topological polar surface area (TPSA) is 90.9 Å². The summed E-state index contributed by atoms with van der Waals surface area (Å²) >= 11 is 0. The molecule has 100 valence electrons. The van der Waals surface area contributed by atoms with Gasteiger partial charge in [-0.05, 0) is 24.5 Å². The summed E-state index contributed by atoms with van der Waals surface area (Å²) in [6, 6.07) is 7.84. The van der Waals surface area contributed by atoms with Crippen LogP contribution in [0.5, 0.6) is 0 Å². The molecule has 0 aliphatic heterocycles. The van der Waals surface area contributed by atoms with Crippen LogP contribution in [0, 0.1) is 0 Å². The van der Waals surface area contributed by atoms with Gasteiger partial charge in [0, 0.05) is 24.8 Å². The first-order valence-corrected chi connectivity index (χ1v) is 6.12. The average Bonchev–Trinajstić information content (AvgIpc) is 2.42. The van der Waals surface area contributed by atoms with Gasteiger partial charge in [0.2, 0.25) is 0 Å². The third-order valence-corrected chi connectivity index (χ3v) is 2.90. The minimum absolute atomic E-state index is 0.110. The van der Waals surface area contributed by atoms with E-state index in [1.165, 1.54) is 0 Å². The molecule has 1 aromatic rings. The van der Waals surface area contributed by atoms with Crippen molar-refractivity contribution in [1.82, 2.24) is 5.32 Å². The van der Waals surface area contributed by atoms with Crippen molar-refractivity contribution < 1.29 is 10.3 Å². The fourth-order valence-corrected chi connectivity index (χ4v) is 1.77. The second-order valence-corrected chi connectivity index (χ2v) is 4.18. The lowest BCUT2D eigenvalue weighted by Crippen LogP contribution is -2.29. The van der Waals surface area contributed by atoms with E-state index >= 15 is 0 Å². The summed E-state index contributed by atoms with van der Waals surface area (Å²) in [5.41, 5.74) is 7.31. The molecule has 0 aliphatic rings. The van der Waals surface area contributed by atoms with Gasteiger partial charge in [-0.15, -0.1) is 0 Å². The Hall–Kier alpha value is -1.59. The Labute approximate surface area is 107 Å². The molecule has 18 heavy (non-hydrogen) atoms. The van der Waals surface area contributed by atoms with E-state index in [1.807, 2.05) is 18.2 Å². The standard InChI is InChI=1S/C13H21N3O2/c1-2-12(6-7-17)15-9-10-4-3-5-11(8-10)13(14)16-18/h3-5,8,12,15,17-18H,2,6-7,9H2,1H3,(H2,14,16). The number of aliphatic hydroxyl groups is 1. The zero-order valence-corrected chi connectivity index (χ0v) is 10.6. The van der Waals surface area contributed by atoms with Crippen molar-refractivity contribution in [3.63, 3.8) is 0 Å². The highest BCUT2D eigenvalue weighted by atomic mass is 16.4. The third kappa shape index (κ3) is 4.35. The first-order valence-electron chi connectivity index (χ1n) is 6.12. The van der Waals surface area contributed by atoms with E-state index in [0.717, 1.165) is 18.4 Å². The van der Waals surface area contributed by atoms with Crippen LogP contribution in [0.2, 0.25) is 0 Å². The molecule has 0 saturated carbocycles. The van der Waals surface area contributed by atoms with E-state index < -0.39 is 0 Å². The summed E-state index contributed by atoms with van der Waals surface area (Å²) in [6.07, 6.45) is 1.72. The quantitative estimate of drug-likeness (QED) is 0.252. The maximum absolute atomic E-state index is 8.91. The van der Waals surface area contributed by atoms with Crippen LogP contribution in [0.15, 0.2) is 29.4 Å². The molecule has 0 spiro atoms. The van der Waals surface area contributed by atoms with Crippen LogP contribution >= 0.6 is 0 Å². The molecule has 5 heteroatoms. The summed E-state index contributed by atoms with van der Waals surface area (Å²) in [7, 11) is 0. The minimum Gasteiger partial charge on any atom is -0.409 e. The van der Waals surface area contributed by atoms with Gasteiger partial charge in [-0.1, -0.05) is 30.3 Å². The lowest BCUT2D eigenvalue weighted by atomic mass is 10.1. The van der Waals surface area contributed by atoms with Crippen molar-refractivity contribution in [2.24, 2.45) is 10.9 Å². The SMILES string of the molecule is CCC(CCO)NCc1cccc(/C(N)=N/O)c1. The second-order valence-electron chi connectivity index (χ2n) is 4.18. The van der Waals surface area contributed by atoms with Gasteiger partial charge >= 0.3 is 0 Å². The zero-order chi connectivity index (χ0) is 13.4. The predicted molar refractivity (Wildman–Crippen MR) is 71.6 cm³/mol. The maximum Gasteiger partial charge on any atom is 0.170 e. The summed E-state index contributed by atoms with van der Waals surface area (Å²) in [5, 5.41) is 23.9. The van der Waals surface area contributed by atoms with E-state index in [2.05, 4.69) is 17.4 Å². The summed E-state index contributed by atoms with van der Waals surface area (Å²) in [5.74, 6) is 0.110. The van der Waals surface area contributed by atoms with E-state index in [4.69, 9.17) is 16.0 Å². The predicted octanol–water partition coefficient (Wildman–Crippen LogP) is 1.03. The second kappa shape index (κ2) is 7.68. The number of rotatable bonds is 7. The molecule has 5 nitrogen and oxygen atoms in total. The molecule has 0 bridgehead atoms. The van der Waals surface area contributed by atoms with Crippen molar-refractivity contribution in [2.75, 3.05) is 6.61 Å². The number of nitrogens with zero attached hydrogens (tertiary/aromatic N) is 1. The number of nitrogens with two attached hydrogens (primary N) is 1. The van der Waals surface area contributed by atoms with Crippen LogP contribution in [0.25, 0.3) is 0 Å². The van der Waals surface area contributed by atoms with Crippen molar-refractivity contribution in [2.45, 2.75) is 32.4 Å². The molecule has 0 saturated heterocycles. The minimum atomic E-state index is 0.110. The molecule has 1 unspecified atom stereocenters. The largest absolute Gasteiger partial charge is 0.409 e. The fourth-order valence-electron chi connectivity index (χ4n) is 1.77. The van der Waals surface area contributed by atoms with Crippen molar-refractivity contribution in [1.29, 1.82) is 0 Å². The van der Waals surface area contributed by atoms with Gasteiger partial charge < -0.3 is 21.4 Å². The lowest BCUT2D eigenvalue weighted by Gasteiger charge is -2.15. The molecule has 0 amide bonds. The molecule has 1 atom stereocenters. The first kappa shape index (κ1) is 14.5. The third-order valence-electron chi connectivity index (χ3n) is 2.90. The van der Waals surface area contributed by atoms with Crippen LogP contribution in [0.3, 0.4) is 0 Å². The highest BCUT2D eigenvalue weighted by Crippen LogP contribution is 2.06. The number of amidine groups is 1. The molecular weight excluding hydrogens is 230 g/mol. The highest BCUT2D eigenvalue weighted by molar-refractivity contribution is 5.97. The average molecular weight is 251 g/mol. The normalized spacial score (nSPS) is 13.6. The van der Waals surface area contributed by atoms with Crippen molar-refractivity contribution in [3.8, 4) is 0 Å². The van der Waals surface area contributed by atoms with Crippen LogP contribution in [0.4, 0.5) is 0 Å². The monoisotopic (exact) mass is 251 g/mol. The maximum atomic E-state index is 8.91. The Morgan fingerprint density at radius 1 is 1.50 bits per heavy atom. The Bertz CT molecular complexity index is 394. The zero-order valence-electron chi connectivity index (χ0n) is 10.6. The van der Waals surface area contributed by atoms with Crippen LogP contribution in [0.1, 0.15) is 30.9 Å². The van der Waals surface area contributed by atoms with Crippen molar-refractivity contribution in [3.05, 3.63) is 35.4 Å². The Balaban J connectivity index is 2.62. The first-order chi connectivity index (χ1) is 8.71. The lowest BCUT2D eigenvalue weighted by molar-refractivity contribution is 0.262.